The summed E-state index contributed by atoms with van der Waals surface area (Å²) in [6.07, 6.45) is 7.25. The van der Waals surface area contributed by atoms with E-state index in [9.17, 15) is 18.4 Å². The van der Waals surface area contributed by atoms with Gasteiger partial charge in [-0.25, -0.2) is 13.8 Å². The van der Waals surface area contributed by atoms with E-state index in [1.54, 1.807) is 11.9 Å². The molecule has 1 aromatic heterocycles. The smallest absolute Gasteiger partial charge is 0.278 e. The summed E-state index contributed by atoms with van der Waals surface area (Å²) in [4.78, 5) is 33.7. The number of hydrogen-bond donors (Lipinski definition) is 1. The number of ether oxygens (including phenoxy) is 1. The number of carbonyl (C=O) groups is 2. The van der Waals surface area contributed by atoms with Crippen LogP contribution in [0.3, 0.4) is 0 Å². The van der Waals surface area contributed by atoms with Crippen LogP contribution in [0.15, 0.2) is 0 Å². The van der Waals surface area contributed by atoms with Crippen LogP contribution in [0.5, 0.6) is 5.19 Å². The predicted octanol–water partition coefficient (Wildman–Crippen LogP) is 3.22. The minimum atomic E-state index is -2.86. The maximum absolute atomic E-state index is 13.0. The van der Waals surface area contributed by atoms with E-state index >= 15 is 0 Å². The molecule has 0 radical (unpaired) electrons. The standard InChI is InChI=1S/C23H34F2N4O3S/c1-23(24,25)14-32-22-27-17-13-29(12-10-19(17)33-22)11-9-15-3-5-16(6-4-15)26-21(31)18-7-8-20(30)28(18)2/h15-16,18H,3-14H2,1-2H3,(H,26,31)/t15-,16-,18?. The Kier molecular flexibility index (Phi) is 7.53. The van der Waals surface area contributed by atoms with E-state index in [2.05, 4.69) is 15.2 Å². The fourth-order valence-corrected chi connectivity index (χ4v) is 5.94. The van der Waals surface area contributed by atoms with Crippen LogP contribution in [0.1, 0.15) is 62.4 Å². The van der Waals surface area contributed by atoms with Gasteiger partial charge in [0.25, 0.3) is 11.1 Å². The number of nitrogens with one attached hydrogen (secondary N) is 1. The van der Waals surface area contributed by atoms with E-state index in [-0.39, 0.29) is 23.9 Å². The first-order valence-electron chi connectivity index (χ1n) is 12.0. The molecular formula is C23H34F2N4O3S. The molecule has 33 heavy (non-hydrogen) atoms. The second-order valence-electron chi connectivity index (χ2n) is 9.81. The summed E-state index contributed by atoms with van der Waals surface area (Å²) in [6, 6.07) is -0.103. The number of alkyl halides is 2. The van der Waals surface area contributed by atoms with Gasteiger partial charge in [0.15, 0.2) is 6.61 Å². The SMILES string of the molecule is CN1C(=O)CCC1C(=O)N[C@H]1CC[C@H](CCN2CCc3sc(OCC(C)(F)F)nc3C2)CC1. The van der Waals surface area contributed by atoms with E-state index in [1.807, 2.05) is 0 Å². The number of likely N-dealkylation sites (N-methyl/N-ethyl adjacent to an activating group) is 1. The van der Waals surface area contributed by atoms with Crippen LogP contribution in [-0.2, 0) is 22.6 Å². The maximum Gasteiger partial charge on any atom is 0.278 e. The van der Waals surface area contributed by atoms with E-state index in [4.69, 9.17) is 4.74 Å². The number of aromatic nitrogens is 1. The number of fused-ring (bicyclic) bond motifs is 1. The monoisotopic (exact) mass is 484 g/mol. The van der Waals surface area contributed by atoms with Crippen molar-refractivity contribution in [2.45, 2.75) is 82.8 Å². The second-order valence-corrected chi connectivity index (χ2v) is 10.9. The highest BCUT2D eigenvalue weighted by molar-refractivity contribution is 7.13. The average Bonchev–Trinajstić information content (AvgIpc) is 3.33. The molecule has 2 aliphatic heterocycles. The van der Waals surface area contributed by atoms with Gasteiger partial charge in [-0.3, -0.25) is 14.5 Å². The number of amides is 2. The van der Waals surface area contributed by atoms with E-state index < -0.39 is 12.5 Å². The van der Waals surface area contributed by atoms with Gasteiger partial charge in [0, 0.05) is 44.4 Å². The Hall–Kier alpha value is -1.81. The molecule has 3 aliphatic rings. The Morgan fingerprint density at radius 2 is 2.00 bits per heavy atom. The zero-order valence-electron chi connectivity index (χ0n) is 19.4. The van der Waals surface area contributed by atoms with Crippen LogP contribution in [0.4, 0.5) is 8.78 Å². The van der Waals surface area contributed by atoms with Crippen molar-refractivity contribution in [1.29, 1.82) is 0 Å². The first kappa shape index (κ1) is 24.3. The second kappa shape index (κ2) is 10.2. The largest absolute Gasteiger partial charge is 0.464 e. The average molecular weight is 485 g/mol. The molecule has 1 aromatic rings. The lowest BCUT2D eigenvalue weighted by Crippen LogP contribution is -2.47. The molecule has 184 valence electrons. The van der Waals surface area contributed by atoms with Gasteiger partial charge in [0.2, 0.25) is 11.8 Å². The number of carbonyl (C=O) groups excluding carboxylic acids is 2. The van der Waals surface area contributed by atoms with Crippen molar-refractivity contribution in [3.05, 3.63) is 10.6 Å². The summed E-state index contributed by atoms with van der Waals surface area (Å²) in [5, 5.41) is 3.51. The van der Waals surface area contributed by atoms with E-state index in [0.717, 1.165) is 75.7 Å². The first-order valence-corrected chi connectivity index (χ1v) is 12.8. The van der Waals surface area contributed by atoms with Crippen molar-refractivity contribution in [1.82, 2.24) is 20.1 Å². The summed E-state index contributed by atoms with van der Waals surface area (Å²) in [7, 11) is 1.71. The zero-order valence-corrected chi connectivity index (χ0v) is 20.3. The molecule has 2 amide bonds. The fourth-order valence-electron chi connectivity index (χ4n) is 5.04. The molecule has 3 heterocycles. The van der Waals surface area contributed by atoms with Crippen LogP contribution >= 0.6 is 11.3 Å². The molecule has 0 spiro atoms. The molecule has 1 unspecified atom stereocenters. The Labute approximate surface area is 197 Å². The number of likely N-dealkylation sites (tertiary alicyclic amines) is 1. The van der Waals surface area contributed by atoms with Gasteiger partial charge >= 0.3 is 0 Å². The predicted molar refractivity (Wildman–Crippen MR) is 122 cm³/mol. The first-order chi connectivity index (χ1) is 15.7. The third-order valence-electron chi connectivity index (χ3n) is 7.08. The van der Waals surface area contributed by atoms with E-state index in [1.165, 1.54) is 11.3 Å². The van der Waals surface area contributed by atoms with Crippen molar-refractivity contribution in [2.75, 3.05) is 26.7 Å². The zero-order chi connectivity index (χ0) is 23.6. The minimum absolute atomic E-state index is 0.00908. The summed E-state index contributed by atoms with van der Waals surface area (Å²) >= 11 is 1.39. The molecule has 0 bridgehead atoms. The molecular weight excluding hydrogens is 450 g/mol. The Balaban J connectivity index is 1.16. The molecule has 4 rings (SSSR count). The topological polar surface area (TPSA) is 74.8 Å². The quantitative estimate of drug-likeness (QED) is 0.613. The lowest BCUT2D eigenvalue weighted by molar-refractivity contribution is -0.134. The number of halogens is 2. The van der Waals surface area contributed by atoms with Gasteiger partial charge in [-0.05, 0) is 57.4 Å². The van der Waals surface area contributed by atoms with Crippen molar-refractivity contribution >= 4 is 23.2 Å². The van der Waals surface area contributed by atoms with Crippen molar-refractivity contribution in [2.24, 2.45) is 5.92 Å². The molecule has 1 N–H and O–H groups in total. The molecule has 7 nitrogen and oxygen atoms in total. The van der Waals surface area contributed by atoms with Crippen molar-refractivity contribution in [3.63, 3.8) is 0 Å². The Morgan fingerprint density at radius 1 is 1.24 bits per heavy atom. The number of nitrogens with zero attached hydrogens (tertiary/aromatic N) is 3. The van der Waals surface area contributed by atoms with Gasteiger partial charge in [0.1, 0.15) is 6.04 Å². The van der Waals surface area contributed by atoms with Gasteiger partial charge in [0.05, 0.1) is 5.69 Å². The highest BCUT2D eigenvalue weighted by Gasteiger charge is 2.34. The number of thiazole rings is 1. The minimum Gasteiger partial charge on any atom is -0.464 e. The summed E-state index contributed by atoms with van der Waals surface area (Å²) in [6.45, 7) is 2.91. The van der Waals surface area contributed by atoms with Gasteiger partial charge < -0.3 is 15.0 Å². The van der Waals surface area contributed by atoms with Crippen LogP contribution in [0, 0.1) is 5.92 Å². The molecule has 1 saturated heterocycles. The summed E-state index contributed by atoms with van der Waals surface area (Å²) in [5.41, 5.74) is 0.961. The maximum atomic E-state index is 13.0. The van der Waals surface area contributed by atoms with Crippen LogP contribution in [0.2, 0.25) is 0 Å². The molecule has 1 atom stereocenters. The van der Waals surface area contributed by atoms with Gasteiger partial charge in [-0.1, -0.05) is 11.3 Å². The van der Waals surface area contributed by atoms with Crippen LogP contribution < -0.4 is 10.1 Å². The summed E-state index contributed by atoms with van der Waals surface area (Å²) < 4.78 is 31.2. The van der Waals surface area contributed by atoms with Crippen molar-refractivity contribution < 1.29 is 23.1 Å². The highest BCUT2D eigenvalue weighted by Crippen LogP contribution is 2.32. The third kappa shape index (κ3) is 6.41. The summed E-state index contributed by atoms with van der Waals surface area (Å²) in [5.74, 6) is -2.17. The lowest BCUT2D eigenvalue weighted by Gasteiger charge is -2.32. The van der Waals surface area contributed by atoms with E-state index in [0.29, 0.717) is 24.0 Å². The van der Waals surface area contributed by atoms with Crippen LogP contribution in [-0.4, -0.2) is 71.3 Å². The number of rotatable bonds is 8. The van der Waals surface area contributed by atoms with Gasteiger partial charge in [-0.15, -0.1) is 0 Å². The third-order valence-corrected chi connectivity index (χ3v) is 8.15. The van der Waals surface area contributed by atoms with Gasteiger partial charge in [-0.2, -0.15) is 0 Å². The molecule has 1 aliphatic carbocycles. The Morgan fingerprint density at radius 3 is 2.67 bits per heavy atom. The Bertz CT molecular complexity index is 851. The molecule has 2 fully saturated rings. The normalized spacial score (nSPS) is 26.4. The fraction of sp³-hybridized carbons (Fsp3) is 0.783. The lowest BCUT2D eigenvalue weighted by atomic mass is 9.84. The molecule has 1 saturated carbocycles. The van der Waals surface area contributed by atoms with Crippen LogP contribution in [0.25, 0.3) is 0 Å². The molecule has 0 aromatic carbocycles. The van der Waals surface area contributed by atoms with Crippen molar-refractivity contribution in [3.8, 4) is 5.19 Å². The molecule has 10 heteroatoms. The number of hydrogen-bond acceptors (Lipinski definition) is 6. The highest BCUT2D eigenvalue weighted by atomic mass is 32.1.